The molecular weight excluding hydrogens is 343 g/mol. The summed E-state index contributed by atoms with van der Waals surface area (Å²) in [5.41, 5.74) is 2.17. The molecule has 0 saturated carbocycles. The molecule has 4 aromatic rings. The van der Waals surface area contributed by atoms with E-state index in [9.17, 15) is 20.1 Å². The molecule has 3 N–H and O–H groups in total. The number of carbonyl (C=O) groups is 1. The Balaban J connectivity index is 0.00000196. The first kappa shape index (κ1) is 18.2. The molecule has 0 saturated heterocycles. The summed E-state index contributed by atoms with van der Waals surface area (Å²) < 4.78 is 5.80. The SMILES string of the molecule is O=C(O)c1ccccc1-c1c2ccc(O)cc2[o+]c2cc(O)ccc12.[Na+]. The first-order valence-electron chi connectivity index (χ1n) is 7.59. The van der Waals surface area contributed by atoms with Gasteiger partial charge < -0.3 is 15.3 Å². The molecule has 0 radical (unpaired) electrons. The van der Waals surface area contributed by atoms with Crippen LogP contribution < -0.4 is 29.6 Å². The Morgan fingerprint density at radius 2 is 1.35 bits per heavy atom. The van der Waals surface area contributed by atoms with Crippen LogP contribution in [-0.4, -0.2) is 21.3 Å². The summed E-state index contributed by atoms with van der Waals surface area (Å²) in [4.78, 5) is 11.7. The number of phenolic OH excluding ortho intramolecular Hbond substituents is 2. The summed E-state index contributed by atoms with van der Waals surface area (Å²) in [6, 6.07) is 16.1. The van der Waals surface area contributed by atoms with Crippen molar-refractivity contribution in [3.05, 3.63) is 66.2 Å². The van der Waals surface area contributed by atoms with E-state index in [0.717, 1.165) is 0 Å². The molecule has 0 aliphatic carbocycles. The van der Waals surface area contributed by atoms with Gasteiger partial charge in [-0.05, 0) is 35.9 Å². The van der Waals surface area contributed by atoms with Crippen molar-refractivity contribution in [1.29, 1.82) is 0 Å². The number of hydrogen-bond acceptors (Lipinski definition) is 3. The van der Waals surface area contributed by atoms with E-state index in [1.165, 1.54) is 24.3 Å². The Morgan fingerprint density at radius 1 is 0.808 bits per heavy atom. The van der Waals surface area contributed by atoms with Gasteiger partial charge in [0.05, 0.1) is 28.5 Å². The van der Waals surface area contributed by atoms with E-state index in [-0.39, 0.29) is 46.6 Å². The predicted octanol–water partition coefficient (Wildman–Crippen LogP) is 1.65. The standard InChI is InChI=1S/C20H12O5.Na/c21-11-5-7-15-17(9-11)25-18-10-12(22)6-8-16(18)19(15)13-3-1-2-4-14(13)20(23)24;/h1-10H,(H2-,21,22,23,24);/q;+1/p+1. The second-order valence-electron chi connectivity index (χ2n) is 5.69. The zero-order valence-electron chi connectivity index (χ0n) is 13.9. The van der Waals surface area contributed by atoms with Crippen molar-refractivity contribution in [2.24, 2.45) is 0 Å². The van der Waals surface area contributed by atoms with Gasteiger partial charge in [-0.25, -0.2) is 9.21 Å². The number of phenols is 2. The molecule has 1 aromatic heterocycles. The zero-order chi connectivity index (χ0) is 17.6. The van der Waals surface area contributed by atoms with Gasteiger partial charge in [-0.1, -0.05) is 18.2 Å². The maximum atomic E-state index is 11.7. The largest absolute Gasteiger partial charge is 1.00 e. The molecule has 0 bridgehead atoms. The van der Waals surface area contributed by atoms with Gasteiger partial charge in [0.25, 0.3) is 0 Å². The van der Waals surface area contributed by atoms with E-state index < -0.39 is 5.97 Å². The number of aromatic carboxylic acids is 1. The van der Waals surface area contributed by atoms with Crippen LogP contribution in [-0.2, 0) is 0 Å². The first-order chi connectivity index (χ1) is 12.0. The molecule has 5 nitrogen and oxygen atoms in total. The van der Waals surface area contributed by atoms with Crippen LogP contribution in [0.1, 0.15) is 10.4 Å². The van der Waals surface area contributed by atoms with Gasteiger partial charge in [0.2, 0.25) is 0 Å². The van der Waals surface area contributed by atoms with Crippen molar-refractivity contribution in [2.45, 2.75) is 0 Å². The van der Waals surface area contributed by atoms with Gasteiger partial charge in [-0.3, -0.25) is 0 Å². The van der Waals surface area contributed by atoms with Gasteiger partial charge in [-0.15, -0.1) is 0 Å². The van der Waals surface area contributed by atoms with E-state index in [4.69, 9.17) is 4.42 Å². The molecule has 0 aliphatic heterocycles. The minimum absolute atomic E-state index is 0. The third kappa shape index (κ3) is 3.01. The smallest absolute Gasteiger partial charge is 0.508 e. The Morgan fingerprint density at radius 3 is 1.88 bits per heavy atom. The number of benzene rings is 3. The van der Waals surface area contributed by atoms with Crippen LogP contribution >= 0.6 is 0 Å². The average molecular weight is 356 g/mol. The van der Waals surface area contributed by atoms with Crippen LogP contribution in [0.3, 0.4) is 0 Å². The van der Waals surface area contributed by atoms with Crippen LogP contribution in [0.5, 0.6) is 11.5 Å². The molecule has 6 heteroatoms. The number of fused-ring (bicyclic) bond motifs is 2. The topological polar surface area (TPSA) is 89.1 Å². The van der Waals surface area contributed by atoms with E-state index >= 15 is 0 Å². The minimum atomic E-state index is -1.03. The van der Waals surface area contributed by atoms with Gasteiger partial charge in [-0.2, -0.15) is 0 Å². The second kappa shape index (κ2) is 6.96. The summed E-state index contributed by atoms with van der Waals surface area (Å²) in [6.07, 6.45) is 0. The van der Waals surface area contributed by atoms with E-state index in [1.807, 2.05) is 0 Å². The molecule has 0 spiro atoms. The summed E-state index contributed by atoms with van der Waals surface area (Å²) in [5, 5.41) is 30.4. The number of aromatic hydroxyl groups is 2. The Hall–Kier alpha value is -2.60. The Bertz CT molecular complexity index is 1090. The molecule has 4 rings (SSSR count). The molecule has 0 unspecified atom stereocenters. The molecule has 0 atom stereocenters. The minimum Gasteiger partial charge on any atom is -0.508 e. The van der Waals surface area contributed by atoms with Gasteiger partial charge in [0.15, 0.2) is 0 Å². The van der Waals surface area contributed by atoms with Crippen molar-refractivity contribution in [3.8, 4) is 22.6 Å². The Labute approximate surface area is 170 Å². The normalized spacial score (nSPS) is 10.6. The molecule has 0 amide bonds. The second-order valence-corrected chi connectivity index (χ2v) is 5.69. The quantitative estimate of drug-likeness (QED) is 0.289. The van der Waals surface area contributed by atoms with E-state index in [1.54, 1.807) is 36.4 Å². The van der Waals surface area contributed by atoms with E-state index in [0.29, 0.717) is 33.1 Å². The summed E-state index contributed by atoms with van der Waals surface area (Å²) >= 11 is 0. The third-order valence-corrected chi connectivity index (χ3v) is 4.12. The van der Waals surface area contributed by atoms with Crippen molar-refractivity contribution in [1.82, 2.24) is 0 Å². The number of carboxylic acid groups (broad SMARTS) is 1. The molecule has 26 heavy (non-hydrogen) atoms. The van der Waals surface area contributed by atoms with Crippen LogP contribution in [0.4, 0.5) is 0 Å². The number of rotatable bonds is 2. The molecular formula is C20H13NaO5+2. The van der Waals surface area contributed by atoms with Crippen molar-refractivity contribution in [2.75, 3.05) is 0 Å². The van der Waals surface area contributed by atoms with Crippen molar-refractivity contribution < 1.29 is 54.1 Å². The molecule has 0 aliphatic rings. The summed E-state index contributed by atoms with van der Waals surface area (Å²) in [6.45, 7) is 0. The fourth-order valence-corrected chi connectivity index (χ4v) is 3.05. The third-order valence-electron chi connectivity index (χ3n) is 4.12. The molecule has 122 valence electrons. The van der Waals surface area contributed by atoms with Crippen LogP contribution in [0, 0.1) is 0 Å². The zero-order valence-corrected chi connectivity index (χ0v) is 15.9. The fraction of sp³-hybridized carbons (Fsp3) is 0. The molecule has 3 aromatic carbocycles. The number of hydrogen-bond donors (Lipinski definition) is 3. The van der Waals surface area contributed by atoms with Crippen molar-refractivity contribution in [3.63, 3.8) is 0 Å². The maximum Gasteiger partial charge on any atom is 1.00 e. The molecule has 0 fully saturated rings. The Kier molecular flexibility index (Phi) is 4.87. The first-order valence-corrected chi connectivity index (χ1v) is 7.59. The summed E-state index contributed by atoms with van der Waals surface area (Å²) in [5.74, 6) is -0.961. The maximum absolute atomic E-state index is 11.7. The fourth-order valence-electron chi connectivity index (χ4n) is 3.05. The van der Waals surface area contributed by atoms with Crippen molar-refractivity contribution >= 4 is 27.9 Å². The van der Waals surface area contributed by atoms with Gasteiger partial charge in [0.1, 0.15) is 11.5 Å². The summed E-state index contributed by atoms with van der Waals surface area (Å²) in [7, 11) is 0. The van der Waals surface area contributed by atoms with Crippen LogP contribution in [0.2, 0.25) is 0 Å². The van der Waals surface area contributed by atoms with Crippen LogP contribution in [0.15, 0.2) is 65.1 Å². The number of carboxylic acids is 1. The molecule has 1 heterocycles. The predicted molar refractivity (Wildman–Crippen MR) is 93.9 cm³/mol. The van der Waals surface area contributed by atoms with Gasteiger partial charge >= 0.3 is 46.7 Å². The van der Waals surface area contributed by atoms with Crippen LogP contribution in [0.25, 0.3) is 33.1 Å². The average Bonchev–Trinajstić information content (AvgIpc) is 2.59. The monoisotopic (exact) mass is 356 g/mol. The van der Waals surface area contributed by atoms with Gasteiger partial charge in [0, 0.05) is 5.56 Å². The van der Waals surface area contributed by atoms with E-state index in [2.05, 4.69) is 0 Å².